The molecule has 0 bridgehead atoms. The number of hydrogen-bond donors (Lipinski definition) is 1. The van der Waals surface area contributed by atoms with Crippen LogP contribution >= 0.6 is 15.9 Å². The Bertz CT molecular complexity index is 949. The number of aromatic nitrogens is 2. The summed E-state index contributed by atoms with van der Waals surface area (Å²) in [5, 5.41) is 3.14. The first-order valence-corrected chi connectivity index (χ1v) is 11.2. The van der Waals surface area contributed by atoms with E-state index in [2.05, 4.69) is 31.2 Å². The van der Waals surface area contributed by atoms with E-state index >= 15 is 0 Å². The summed E-state index contributed by atoms with van der Waals surface area (Å²) in [6, 6.07) is 7.68. The topological polar surface area (TPSA) is 93.7 Å². The number of ether oxygens (including phenoxy) is 2. The zero-order chi connectivity index (χ0) is 21.8. The first-order valence-electron chi connectivity index (χ1n) is 10.4. The molecule has 2 fully saturated rings. The molecule has 2 heterocycles. The van der Waals surface area contributed by atoms with Crippen LogP contribution in [0.2, 0.25) is 0 Å². The number of rotatable bonds is 6. The number of carbonyl (C=O) groups excluding carboxylic acids is 2. The standard InChI is InChI=1S/C22H25BrN4O4/c1-30-19-11-24-12-20(26-19)31-18-7-5-16(6-8-18)25-22(29)14-9-21(28)27(13-14)17-4-2-3-15(23)10-17/h2-4,10-12,14,16,18H,5-9,13H2,1H3,(H,25,29). The highest BCUT2D eigenvalue weighted by Gasteiger charge is 2.36. The van der Waals surface area contributed by atoms with Gasteiger partial charge in [0.15, 0.2) is 0 Å². The molecule has 1 saturated heterocycles. The van der Waals surface area contributed by atoms with E-state index < -0.39 is 0 Å². The maximum atomic E-state index is 12.8. The van der Waals surface area contributed by atoms with Crippen LogP contribution < -0.4 is 19.7 Å². The molecule has 2 aliphatic rings. The van der Waals surface area contributed by atoms with Crippen molar-refractivity contribution in [3.63, 3.8) is 0 Å². The molecular formula is C22H25BrN4O4. The number of amides is 2. The van der Waals surface area contributed by atoms with E-state index in [1.807, 2.05) is 24.3 Å². The van der Waals surface area contributed by atoms with Crippen LogP contribution in [0.15, 0.2) is 41.1 Å². The summed E-state index contributed by atoms with van der Waals surface area (Å²) in [6.07, 6.45) is 6.67. The fourth-order valence-corrected chi connectivity index (χ4v) is 4.46. The Morgan fingerprint density at radius 1 is 1.19 bits per heavy atom. The van der Waals surface area contributed by atoms with E-state index in [-0.39, 0.29) is 36.3 Å². The molecule has 1 aliphatic heterocycles. The van der Waals surface area contributed by atoms with Crippen molar-refractivity contribution in [2.24, 2.45) is 5.92 Å². The maximum Gasteiger partial charge on any atom is 0.235 e. The lowest BCUT2D eigenvalue weighted by Gasteiger charge is -2.29. The molecule has 1 aromatic heterocycles. The van der Waals surface area contributed by atoms with E-state index in [9.17, 15) is 9.59 Å². The largest absolute Gasteiger partial charge is 0.480 e. The summed E-state index contributed by atoms with van der Waals surface area (Å²) in [5.74, 6) is 0.474. The van der Waals surface area contributed by atoms with E-state index in [1.54, 1.807) is 11.1 Å². The Hall–Kier alpha value is -2.68. The number of methoxy groups -OCH3 is 1. The Labute approximate surface area is 189 Å². The minimum Gasteiger partial charge on any atom is -0.480 e. The molecule has 1 atom stereocenters. The molecule has 1 saturated carbocycles. The Morgan fingerprint density at radius 3 is 2.71 bits per heavy atom. The van der Waals surface area contributed by atoms with Crippen LogP contribution in [0.25, 0.3) is 0 Å². The highest BCUT2D eigenvalue weighted by Crippen LogP contribution is 2.28. The summed E-state index contributed by atoms with van der Waals surface area (Å²) >= 11 is 3.43. The van der Waals surface area contributed by atoms with Gasteiger partial charge in [0.05, 0.1) is 25.4 Å². The molecule has 1 aromatic carbocycles. The van der Waals surface area contributed by atoms with E-state index in [0.717, 1.165) is 35.8 Å². The molecule has 164 valence electrons. The van der Waals surface area contributed by atoms with E-state index in [0.29, 0.717) is 18.3 Å². The minimum atomic E-state index is -0.326. The van der Waals surface area contributed by atoms with Gasteiger partial charge in [0.1, 0.15) is 6.10 Å². The summed E-state index contributed by atoms with van der Waals surface area (Å²) in [7, 11) is 1.54. The second kappa shape index (κ2) is 9.64. The average Bonchev–Trinajstić information content (AvgIpc) is 3.17. The van der Waals surface area contributed by atoms with Crippen LogP contribution in [0, 0.1) is 5.92 Å². The van der Waals surface area contributed by atoms with Gasteiger partial charge in [0.2, 0.25) is 23.6 Å². The first kappa shape index (κ1) is 21.5. The second-order valence-electron chi connectivity index (χ2n) is 7.89. The molecule has 1 unspecified atom stereocenters. The van der Waals surface area contributed by atoms with Gasteiger partial charge in [-0.2, -0.15) is 4.98 Å². The number of anilines is 1. The fraction of sp³-hybridized carbons (Fsp3) is 0.455. The monoisotopic (exact) mass is 488 g/mol. The predicted molar refractivity (Wildman–Crippen MR) is 118 cm³/mol. The number of nitrogens with zero attached hydrogens (tertiary/aromatic N) is 3. The van der Waals surface area contributed by atoms with E-state index in [1.165, 1.54) is 13.3 Å². The normalized spacial score (nSPS) is 23.5. The van der Waals surface area contributed by atoms with Crippen LogP contribution in [0.5, 0.6) is 11.8 Å². The smallest absolute Gasteiger partial charge is 0.235 e. The van der Waals surface area contributed by atoms with Crippen molar-refractivity contribution in [2.45, 2.75) is 44.2 Å². The van der Waals surface area contributed by atoms with Crippen molar-refractivity contribution in [1.82, 2.24) is 15.3 Å². The van der Waals surface area contributed by atoms with Gasteiger partial charge in [-0.15, -0.1) is 0 Å². The van der Waals surface area contributed by atoms with Crippen LogP contribution in [0.1, 0.15) is 32.1 Å². The maximum absolute atomic E-state index is 12.8. The van der Waals surface area contributed by atoms with Gasteiger partial charge in [-0.1, -0.05) is 22.0 Å². The molecule has 8 nitrogen and oxygen atoms in total. The van der Waals surface area contributed by atoms with Crippen LogP contribution in [0.3, 0.4) is 0 Å². The lowest BCUT2D eigenvalue weighted by Crippen LogP contribution is -2.43. The predicted octanol–water partition coefficient (Wildman–Crippen LogP) is 3.11. The van der Waals surface area contributed by atoms with Gasteiger partial charge in [-0.05, 0) is 43.9 Å². The molecular weight excluding hydrogens is 464 g/mol. The van der Waals surface area contributed by atoms with Crippen LogP contribution in [-0.2, 0) is 9.59 Å². The van der Waals surface area contributed by atoms with Gasteiger partial charge >= 0.3 is 0 Å². The molecule has 1 aliphatic carbocycles. The quantitative estimate of drug-likeness (QED) is 0.671. The Kier molecular flexibility index (Phi) is 6.70. The molecule has 2 aromatic rings. The van der Waals surface area contributed by atoms with Crippen molar-refractivity contribution in [1.29, 1.82) is 0 Å². The third-order valence-electron chi connectivity index (χ3n) is 5.72. The molecule has 1 N–H and O–H groups in total. The Balaban J connectivity index is 1.26. The molecule has 31 heavy (non-hydrogen) atoms. The zero-order valence-corrected chi connectivity index (χ0v) is 18.9. The third kappa shape index (κ3) is 5.33. The first-order chi connectivity index (χ1) is 15.0. The minimum absolute atomic E-state index is 0.0187. The number of hydrogen-bond acceptors (Lipinski definition) is 6. The van der Waals surface area contributed by atoms with Gasteiger partial charge in [0.25, 0.3) is 0 Å². The highest BCUT2D eigenvalue weighted by atomic mass is 79.9. The van der Waals surface area contributed by atoms with Gasteiger partial charge in [-0.3, -0.25) is 14.6 Å². The van der Waals surface area contributed by atoms with Crippen molar-refractivity contribution >= 4 is 33.4 Å². The number of nitrogens with one attached hydrogen (secondary N) is 1. The lowest BCUT2D eigenvalue weighted by atomic mass is 9.92. The Morgan fingerprint density at radius 2 is 1.97 bits per heavy atom. The summed E-state index contributed by atoms with van der Waals surface area (Å²) in [4.78, 5) is 35.2. The zero-order valence-electron chi connectivity index (χ0n) is 17.3. The lowest BCUT2D eigenvalue weighted by molar-refractivity contribution is -0.127. The summed E-state index contributed by atoms with van der Waals surface area (Å²) < 4.78 is 11.9. The number of benzene rings is 1. The molecule has 9 heteroatoms. The average molecular weight is 489 g/mol. The second-order valence-corrected chi connectivity index (χ2v) is 8.80. The number of halogens is 1. The highest BCUT2D eigenvalue weighted by molar-refractivity contribution is 9.10. The fourth-order valence-electron chi connectivity index (χ4n) is 4.08. The van der Waals surface area contributed by atoms with Crippen molar-refractivity contribution in [2.75, 3.05) is 18.6 Å². The van der Waals surface area contributed by atoms with Crippen LogP contribution in [0.4, 0.5) is 5.69 Å². The van der Waals surface area contributed by atoms with Crippen molar-refractivity contribution in [3.05, 3.63) is 41.1 Å². The third-order valence-corrected chi connectivity index (χ3v) is 6.22. The van der Waals surface area contributed by atoms with Crippen LogP contribution in [-0.4, -0.2) is 47.6 Å². The SMILES string of the molecule is COc1cncc(OC2CCC(NC(=O)C3CC(=O)N(c4cccc(Br)c4)C3)CC2)n1. The summed E-state index contributed by atoms with van der Waals surface area (Å²) in [6.45, 7) is 0.411. The molecule has 2 amide bonds. The van der Waals surface area contributed by atoms with Crippen molar-refractivity contribution < 1.29 is 19.1 Å². The molecule has 0 spiro atoms. The van der Waals surface area contributed by atoms with Gasteiger partial charge in [0, 0.05) is 29.2 Å². The van der Waals surface area contributed by atoms with E-state index in [4.69, 9.17) is 9.47 Å². The molecule has 0 radical (unpaired) electrons. The van der Waals surface area contributed by atoms with Crippen molar-refractivity contribution in [3.8, 4) is 11.8 Å². The molecule has 4 rings (SSSR count). The van der Waals surface area contributed by atoms with Gasteiger partial charge in [-0.25, -0.2) is 0 Å². The van der Waals surface area contributed by atoms with Gasteiger partial charge < -0.3 is 19.7 Å². The number of carbonyl (C=O) groups is 2. The summed E-state index contributed by atoms with van der Waals surface area (Å²) in [5.41, 5.74) is 0.813.